The third-order valence-electron chi connectivity index (χ3n) is 6.35. The van der Waals surface area contributed by atoms with Crippen molar-refractivity contribution in [1.82, 2.24) is 11.3 Å². The number of terminal acetylenes is 3. The van der Waals surface area contributed by atoms with Crippen molar-refractivity contribution in [3.05, 3.63) is 60.2 Å². The molecule has 0 aromatic heterocycles. The first kappa shape index (κ1) is 55.7. The number of thiol groups is 2. The Hall–Kier alpha value is -6.37. The Labute approximate surface area is 377 Å². The van der Waals surface area contributed by atoms with E-state index in [1.54, 1.807) is 19.1 Å². The summed E-state index contributed by atoms with van der Waals surface area (Å²) < 4.78 is 52.1. The van der Waals surface area contributed by atoms with Crippen molar-refractivity contribution >= 4 is 63.2 Å². The number of nitrogens with zero attached hydrogens (tertiary/aromatic N) is 2. The van der Waals surface area contributed by atoms with E-state index in [1.165, 1.54) is 11.3 Å². The van der Waals surface area contributed by atoms with Gasteiger partial charge in [0.1, 0.15) is 6.29 Å². The molecule has 0 aliphatic carbocycles. The lowest BCUT2D eigenvalue weighted by Crippen LogP contribution is -2.40. The van der Waals surface area contributed by atoms with Gasteiger partial charge in [-0.3, -0.25) is 10.0 Å². The van der Waals surface area contributed by atoms with E-state index in [-0.39, 0.29) is 35.9 Å². The summed E-state index contributed by atoms with van der Waals surface area (Å²) in [6, 6.07) is 17.1. The summed E-state index contributed by atoms with van der Waals surface area (Å²) >= 11 is 6.16. The molecule has 0 bridgehead atoms. The van der Waals surface area contributed by atoms with E-state index in [4.69, 9.17) is 29.7 Å². The van der Waals surface area contributed by atoms with Crippen LogP contribution in [-0.4, -0.2) is 82.8 Å². The molecule has 4 N–H and O–H groups in total. The van der Waals surface area contributed by atoms with Gasteiger partial charge >= 0.3 is 0 Å². The summed E-state index contributed by atoms with van der Waals surface area (Å²) in [7, 11) is -5.60. The Morgan fingerprint density at radius 1 is 0.633 bits per heavy atom. The number of anilines is 2. The molecule has 2 aromatic carbocycles. The summed E-state index contributed by atoms with van der Waals surface area (Å²) in [6.07, 6.45) is 15.3. The van der Waals surface area contributed by atoms with Gasteiger partial charge in [-0.1, -0.05) is 29.8 Å². The normalized spacial score (nSPS) is 12.4. The fourth-order valence-electron chi connectivity index (χ4n) is 3.81. The number of para-hydroxylation sites is 1. The Morgan fingerprint density at radius 3 is 1.27 bits per heavy atom. The molecule has 14 nitrogen and oxygen atoms in total. The number of carbonyl (C=O) groups is 1. The second-order valence-corrected chi connectivity index (χ2v) is 15.1. The Kier molecular flexibility index (Phi) is 35.4. The standard InChI is InChI=1S/C11H13NO3S.C11H4.C10H13NO2S.C10H2.H3NO3S.H3NO2S.9H2/c13-9-10-1-3-11(4-2-10)12-5-7-16(14,15)8-6-12;1-3-5-7-9-11-10-8-6-4-2;12-14(13)8-6-11(7-9-14)10-4-2-1-3-5-10;1-3-5-7-9-10-8-6-4-2;2-3-1-4-5;2-1-3-4;;;;;;;;;/h1-4,9H,5-8H2;1H,2H3;1-5H,6-9H2;1-2H;1-2,5H;1-2,4H;9*1H. The molecule has 2 aliphatic rings. The lowest BCUT2D eigenvalue weighted by atomic mass is 10.2. The molecule has 0 unspecified atom stereocenters. The van der Waals surface area contributed by atoms with Gasteiger partial charge in [0.25, 0.3) is 0 Å². The molecule has 2 saturated heterocycles. The molecule has 2 aliphatic heterocycles. The molecule has 2 heterocycles. The van der Waals surface area contributed by atoms with Crippen molar-refractivity contribution in [1.29, 1.82) is 0 Å². The average molecular weight is 905 g/mol. The number of nitrogens with one attached hydrogen (secondary N) is 2. The number of sulfone groups is 2. The smallest absolute Gasteiger partial charge is 0.153 e. The van der Waals surface area contributed by atoms with Crippen molar-refractivity contribution < 1.29 is 58.5 Å². The minimum absolute atomic E-state index is 0. The fraction of sp³-hybridized carbons (Fsp3) is 0.214. The molecule has 328 valence electrons. The van der Waals surface area contributed by atoms with Crippen LogP contribution in [0.5, 0.6) is 0 Å². The van der Waals surface area contributed by atoms with Gasteiger partial charge < -0.3 is 9.80 Å². The largest absolute Gasteiger partial charge is 0.369 e. The highest BCUT2D eigenvalue weighted by atomic mass is 32.2. The average Bonchev–Trinajstić information content (AvgIpc) is 3.26. The van der Waals surface area contributed by atoms with Gasteiger partial charge in [-0.2, -0.15) is 0 Å². The molecule has 0 atom stereocenters. The molecule has 18 heteroatoms. The van der Waals surface area contributed by atoms with Gasteiger partial charge in [0.2, 0.25) is 0 Å². The molecular formula is C42H56N4O10S4. The van der Waals surface area contributed by atoms with Crippen molar-refractivity contribution in [2.75, 3.05) is 59.0 Å². The van der Waals surface area contributed by atoms with E-state index in [9.17, 15) is 21.6 Å². The van der Waals surface area contributed by atoms with Gasteiger partial charge in [-0.25, -0.2) is 30.7 Å². The first-order chi connectivity index (χ1) is 28.9. The predicted octanol–water partition coefficient (Wildman–Crippen LogP) is 4.28. The molecule has 0 spiro atoms. The van der Waals surface area contributed by atoms with E-state index >= 15 is 0 Å². The summed E-state index contributed by atoms with van der Waals surface area (Å²) in [6.45, 7) is 4.00. The fourth-order valence-corrected chi connectivity index (χ4v) is 6.25. The van der Waals surface area contributed by atoms with Crippen LogP contribution in [0.25, 0.3) is 0 Å². The third kappa shape index (κ3) is 32.7. The number of carbonyl (C=O) groups excluding carboxylic acids is 1. The van der Waals surface area contributed by atoms with Crippen molar-refractivity contribution in [3.63, 3.8) is 0 Å². The highest BCUT2D eigenvalue weighted by Crippen LogP contribution is 2.18. The van der Waals surface area contributed by atoms with E-state index in [1.807, 2.05) is 47.4 Å². The lowest BCUT2D eigenvalue weighted by Gasteiger charge is -2.28. The second kappa shape index (κ2) is 38.2. The number of hydrogen-bond acceptors (Lipinski definition) is 16. The van der Waals surface area contributed by atoms with Crippen LogP contribution in [0.2, 0.25) is 0 Å². The van der Waals surface area contributed by atoms with Crippen LogP contribution in [0.1, 0.15) is 30.1 Å². The maximum atomic E-state index is 11.3. The van der Waals surface area contributed by atoms with Gasteiger partial charge in [0.05, 0.1) is 23.0 Å². The number of benzene rings is 2. The monoisotopic (exact) mass is 904 g/mol. The molecule has 60 heavy (non-hydrogen) atoms. The molecule has 2 aromatic rings. The quantitative estimate of drug-likeness (QED) is 0.0603. The van der Waals surface area contributed by atoms with E-state index in [2.05, 4.69) is 145 Å². The zero-order valence-corrected chi connectivity index (χ0v) is 35.4. The molecule has 2 fully saturated rings. The highest BCUT2D eigenvalue weighted by Gasteiger charge is 2.22. The Morgan fingerprint density at radius 2 is 0.983 bits per heavy atom. The van der Waals surface area contributed by atoms with Crippen molar-refractivity contribution in [2.45, 2.75) is 6.92 Å². The topological polar surface area (TPSA) is 184 Å². The van der Waals surface area contributed by atoms with E-state index in [0.29, 0.717) is 31.7 Å². The highest BCUT2D eigenvalue weighted by molar-refractivity contribution is 7.91. The van der Waals surface area contributed by atoms with Crippen LogP contribution < -0.4 is 21.1 Å². The molecule has 4 rings (SSSR count). The summed E-state index contributed by atoms with van der Waals surface area (Å²) in [5.74, 6) is 41.3. The van der Waals surface area contributed by atoms with E-state index in [0.717, 1.165) is 17.7 Å². The minimum atomic E-state index is -2.83. The van der Waals surface area contributed by atoms with Gasteiger partial charge in [0, 0.05) is 81.8 Å². The van der Waals surface area contributed by atoms with Crippen LogP contribution in [0.3, 0.4) is 0 Å². The summed E-state index contributed by atoms with van der Waals surface area (Å²) in [5.41, 5.74) is 5.54. The second-order valence-electron chi connectivity index (χ2n) is 10.1. The van der Waals surface area contributed by atoms with Crippen LogP contribution in [0.4, 0.5) is 11.4 Å². The number of hydrogen-bond donors (Lipinski definition) is 6. The number of aldehydes is 1. The SMILES string of the molecule is C#CC#CC#CC#CC#C.C#CC#CC#CC#CC#CC.O=Cc1ccc(N2CCS(=O)(=O)CC2)cc1.O=S1(=O)CCN(c2ccccc2)CC1.ONOS.OONOS.[HH].[HH].[HH].[HH].[HH].[HH].[HH].[HH].[HH]. The number of rotatable bonds is 6. The first-order valence-corrected chi connectivity index (χ1v) is 20.7. The van der Waals surface area contributed by atoms with Crippen LogP contribution in [0.15, 0.2) is 54.6 Å². The molecule has 0 saturated carbocycles. The van der Waals surface area contributed by atoms with Crippen LogP contribution in [0, 0.1) is 120 Å². The van der Waals surface area contributed by atoms with Crippen LogP contribution >= 0.6 is 25.8 Å². The lowest BCUT2D eigenvalue weighted by molar-refractivity contribution is -0.343. The first-order valence-electron chi connectivity index (χ1n) is 16.3. The zero-order valence-electron chi connectivity index (χ0n) is 31.9. The summed E-state index contributed by atoms with van der Waals surface area (Å²) in [5, 5.41) is 14.6. The van der Waals surface area contributed by atoms with E-state index < -0.39 is 19.7 Å². The molecule has 0 radical (unpaired) electrons. The zero-order chi connectivity index (χ0) is 45.2. The van der Waals surface area contributed by atoms with Gasteiger partial charge in [-0.05, 0) is 144 Å². The van der Waals surface area contributed by atoms with Gasteiger partial charge in [0.15, 0.2) is 19.7 Å². The maximum Gasteiger partial charge on any atom is 0.153 e. The Bertz CT molecular complexity index is 2390. The van der Waals surface area contributed by atoms with Crippen LogP contribution in [-0.2, 0) is 33.2 Å². The third-order valence-corrected chi connectivity index (χ3v) is 9.72. The summed E-state index contributed by atoms with van der Waals surface area (Å²) in [4.78, 5) is 17.8. The van der Waals surface area contributed by atoms with Crippen molar-refractivity contribution in [3.8, 4) is 120 Å². The van der Waals surface area contributed by atoms with Gasteiger partial charge in [-0.15, -0.1) is 24.3 Å². The Balaban J connectivity index is -0.0000000662. The van der Waals surface area contributed by atoms with Crippen molar-refractivity contribution in [2.24, 2.45) is 0 Å². The predicted molar refractivity (Wildman–Crippen MR) is 258 cm³/mol. The maximum absolute atomic E-state index is 11.3. The molecular weight excluding hydrogens is 849 g/mol. The molecule has 0 amide bonds. The minimum Gasteiger partial charge on any atom is -0.369 e.